The molecule has 0 saturated carbocycles. The predicted octanol–water partition coefficient (Wildman–Crippen LogP) is 2.78. The minimum atomic E-state index is -0.905. The molecule has 3 nitrogen and oxygen atoms in total. The van der Waals surface area contributed by atoms with E-state index in [9.17, 15) is 9.59 Å². The standard InChI is InChI=1S/C12H12BrClO3/c1-2-17-12(16)11(13)10(15)7-8-3-5-9(14)6-4-8/h3-6,11H,2,7H2,1H3. The zero-order valence-corrected chi connectivity index (χ0v) is 11.6. The molecular formula is C12H12BrClO3. The molecule has 0 saturated heterocycles. The van der Waals surface area contributed by atoms with Crippen LogP contribution in [0.5, 0.6) is 0 Å². The van der Waals surface area contributed by atoms with Crippen molar-refractivity contribution in [2.75, 3.05) is 6.61 Å². The second kappa shape index (κ2) is 6.77. The van der Waals surface area contributed by atoms with Crippen molar-refractivity contribution in [3.05, 3.63) is 34.9 Å². The van der Waals surface area contributed by atoms with Crippen molar-refractivity contribution in [2.24, 2.45) is 0 Å². The molecule has 1 rings (SSSR count). The Morgan fingerprint density at radius 3 is 2.47 bits per heavy atom. The Labute approximate surface area is 113 Å². The monoisotopic (exact) mass is 318 g/mol. The number of benzene rings is 1. The number of halogens is 2. The van der Waals surface area contributed by atoms with Gasteiger partial charge in [0.15, 0.2) is 10.6 Å². The van der Waals surface area contributed by atoms with Crippen LogP contribution in [0.3, 0.4) is 0 Å². The number of esters is 1. The van der Waals surface area contributed by atoms with Crippen molar-refractivity contribution < 1.29 is 14.3 Å². The van der Waals surface area contributed by atoms with Gasteiger partial charge in [-0.2, -0.15) is 0 Å². The normalized spacial score (nSPS) is 11.9. The second-order valence-corrected chi connectivity index (χ2v) is 4.74. The molecule has 0 aromatic heterocycles. The van der Waals surface area contributed by atoms with Crippen LogP contribution in [0.2, 0.25) is 5.02 Å². The van der Waals surface area contributed by atoms with Gasteiger partial charge in [0.05, 0.1) is 6.61 Å². The van der Waals surface area contributed by atoms with Crippen LogP contribution in [0.15, 0.2) is 24.3 Å². The first-order valence-corrected chi connectivity index (χ1v) is 6.41. The van der Waals surface area contributed by atoms with Crippen molar-refractivity contribution in [2.45, 2.75) is 18.2 Å². The van der Waals surface area contributed by atoms with Crippen LogP contribution >= 0.6 is 27.5 Å². The van der Waals surface area contributed by atoms with Gasteiger partial charge in [0, 0.05) is 11.4 Å². The molecule has 0 aliphatic rings. The summed E-state index contributed by atoms with van der Waals surface area (Å²) in [5.74, 6) is -0.780. The van der Waals surface area contributed by atoms with Gasteiger partial charge in [-0.05, 0) is 24.6 Å². The maximum atomic E-state index is 11.7. The van der Waals surface area contributed by atoms with Gasteiger partial charge < -0.3 is 4.74 Å². The Kier molecular flexibility index (Phi) is 5.65. The van der Waals surface area contributed by atoms with Crippen molar-refractivity contribution >= 4 is 39.3 Å². The van der Waals surface area contributed by atoms with E-state index in [4.69, 9.17) is 16.3 Å². The lowest BCUT2D eigenvalue weighted by Gasteiger charge is -2.08. The van der Waals surface area contributed by atoms with Gasteiger partial charge >= 0.3 is 5.97 Å². The molecule has 92 valence electrons. The molecule has 5 heteroatoms. The molecule has 0 bridgehead atoms. The fourth-order valence-electron chi connectivity index (χ4n) is 1.24. The summed E-state index contributed by atoms with van der Waals surface area (Å²) < 4.78 is 4.75. The second-order valence-electron chi connectivity index (χ2n) is 3.38. The molecule has 0 amide bonds. The SMILES string of the molecule is CCOC(=O)C(Br)C(=O)Cc1ccc(Cl)cc1. The highest BCUT2D eigenvalue weighted by Crippen LogP contribution is 2.13. The lowest BCUT2D eigenvalue weighted by atomic mass is 10.1. The Bertz CT molecular complexity index is 403. The molecule has 0 aliphatic carbocycles. The van der Waals surface area contributed by atoms with Gasteiger partial charge in [-0.1, -0.05) is 39.7 Å². The van der Waals surface area contributed by atoms with E-state index in [1.54, 1.807) is 31.2 Å². The van der Waals surface area contributed by atoms with Gasteiger partial charge in [-0.3, -0.25) is 9.59 Å². The highest BCUT2D eigenvalue weighted by Gasteiger charge is 2.24. The molecule has 0 fully saturated rings. The topological polar surface area (TPSA) is 43.4 Å². The minimum absolute atomic E-state index is 0.173. The van der Waals surface area contributed by atoms with Crippen molar-refractivity contribution in [1.29, 1.82) is 0 Å². The summed E-state index contributed by atoms with van der Waals surface area (Å²) in [4.78, 5) is 22.1. The Balaban J connectivity index is 2.59. The van der Waals surface area contributed by atoms with Crippen LogP contribution in [0.4, 0.5) is 0 Å². The van der Waals surface area contributed by atoms with E-state index >= 15 is 0 Å². The molecule has 17 heavy (non-hydrogen) atoms. The first-order valence-electron chi connectivity index (χ1n) is 5.12. The maximum absolute atomic E-state index is 11.7. The Hall–Kier alpha value is -0.870. The van der Waals surface area contributed by atoms with Crippen molar-refractivity contribution in [1.82, 2.24) is 0 Å². The lowest BCUT2D eigenvalue weighted by Crippen LogP contribution is -2.27. The highest BCUT2D eigenvalue weighted by atomic mass is 79.9. The summed E-state index contributed by atoms with van der Waals surface area (Å²) in [5.41, 5.74) is 0.813. The van der Waals surface area contributed by atoms with Gasteiger partial charge in [-0.25, -0.2) is 0 Å². The number of Topliss-reactive ketones (excluding diaryl/α,β-unsaturated/α-hetero) is 1. The summed E-state index contributed by atoms with van der Waals surface area (Å²) in [6, 6.07) is 6.92. The number of carbonyl (C=O) groups excluding carboxylic acids is 2. The van der Waals surface area contributed by atoms with Crippen LogP contribution in [0.25, 0.3) is 0 Å². The number of alkyl halides is 1. The number of carbonyl (C=O) groups is 2. The van der Waals surface area contributed by atoms with Crippen LogP contribution < -0.4 is 0 Å². The molecule has 1 aromatic rings. The van der Waals surface area contributed by atoms with Crippen LogP contribution in [-0.4, -0.2) is 23.2 Å². The molecule has 1 aromatic carbocycles. The van der Waals surface area contributed by atoms with E-state index in [0.717, 1.165) is 5.56 Å². The molecule has 0 aliphatic heterocycles. The summed E-state index contributed by atoms with van der Waals surface area (Å²) in [5, 5.41) is 0.613. The highest BCUT2D eigenvalue weighted by molar-refractivity contribution is 9.10. The number of hydrogen-bond acceptors (Lipinski definition) is 3. The van der Waals surface area contributed by atoms with E-state index in [0.29, 0.717) is 5.02 Å². The third-order valence-corrected chi connectivity index (χ3v) is 3.20. The van der Waals surface area contributed by atoms with Gasteiger partial charge in [-0.15, -0.1) is 0 Å². The molecule has 0 N–H and O–H groups in total. The number of hydrogen-bond donors (Lipinski definition) is 0. The lowest BCUT2D eigenvalue weighted by molar-refractivity contribution is -0.144. The third kappa shape index (κ3) is 4.48. The van der Waals surface area contributed by atoms with Gasteiger partial charge in [0.2, 0.25) is 0 Å². The number of ketones is 1. The van der Waals surface area contributed by atoms with Gasteiger partial charge in [0.25, 0.3) is 0 Å². The Morgan fingerprint density at radius 1 is 1.35 bits per heavy atom. The summed E-state index contributed by atoms with van der Waals surface area (Å²) in [6.07, 6.45) is 0.173. The third-order valence-electron chi connectivity index (χ3n) is 2.07. The predicted molar refractivity (Wildman–Crippen MR) is 69.5 cm³/mol. The first-order chi connectivity index (χ1) is 8.04. The van der Waals surface area contributed by atoms with E-state index in [-0.39, 0.29) is 18.8 Å². The summed E-state index contributed by atoms with van der Waals surface area (Å²) >= 11 is 8.77. The van der Waals surface area contributed by atoms with Crippen LogP contribution in [-0.2, 0) is 20.7 Å². The number of ether oxygens (including phenoxy) is 1. The largest absolute Gasteiger partial charge is 0.465 e. The minimum Gasteiger partial charge on any atom is -0.465 e. The summed E-state index contributed by atoms with van der Waals surface area (Å²) in [7, 11) is 0. The van der Waals surface area contributed by atoms with E-state index in [2.05, 4.69) is 15.9 Å². The molecule has 1 atom stereocenters. The van der Waals surface area contributed by atoms with Crippen LogP contribution in [0.1, 0.15) is 12.5 Å². The number of rotatable bonds is 5. The van der Waals surface area contributed by atoms with Crippen molar-refractivity contribution in [3.63, 3.8) is 0 Å². The van der Waals surface area contributed by atoms with E-state index < -0.39 is 10.8 Å². The summed E-state index contributed by atoms with van der Waals surface area (Å²) in [6.45, 7) is 1.95. The van der Waals surface area contributed by atoms with Crippen molar-refractivity contribution in [3.8, 4) is 0 Å². The molecule has 0 heterocycles. The maximum Gasteiger partial charge on any atom is 0.327 e. The molecular weight excluding hydrogens is 307 g/mol. The molecule has 0 spiro atoms. The molecule has 1 unspecified atom stereocenters. The quantitative estimate of drug-likeness (QED) is 0.476. The zero-order chi connectivity index (χ0) is 12.8. The first kappa shape index (κ1) is 14.2. The zero-order valence-electron chi connectivity index (χ0n) is 9.28. The average Bonchev–Trinajstić information content (AvgIpc) is 2.31. The smallest absolute Gasteiger partial charge is 0.327 e. The fraction of sp³-hybridized carbons (Fsp3) is 0.333. The fourth-order valence-corrected chi connectivity index (χ4v) is 1.66. The van der Waals surface area contributed by atoms with E-state index in [1.165, 1.54) is 0 Å². The molecule has 0 radical (unpaired) electrons. The van der Waals surface area contributed by atoms with E-state index in [1.807, 2.05) is 0 Å². The van der Waals surface area contributed by atoms with Gasteiger partial charge in [0.1, 0.15) is 0 Å². The average molecular weight is 320 g/mol. The Morgan fingerprint density at radius 2 is 1.94 bits per heavy atom. The van der Waals surface area contributed by atoms with Crippen LogP contribution in [0, 0.1) is 0 Å².